The largest absolute Gasteiger partial charge is 0.466 e. The number of thiazole rings is 1. The number of hydrogen-bond donors (Lipinski definition) is 1. The van der Waals surface area contributed by atoms with E-state index in [1.165, 1.54) is 5.56 Å². The molecule has 0 unspecified atom stereocenters. The van der Waals surface area contributed by atoms with Gasteiger partial charge in [0.05, 0.1) is 13.0 Å². The maximum absolute atomic E-state index is 11.8. The molecule has 0 saturated carbocycles. The van der Waals surface area contributed by atoms with E-state index in [4.69, 9.17) is 9.47 Å². The number of aromatic nitrogens is 1. The Morgan fingerprint density at radius 2 is 1.73 bits per heavy atom. The molecule has 0 aliphatic carbocycles. The summed E-state index contributed by atoms with van der Waals surface area (Å²) in [5.74, 6) is -0.170. The number of amides is 1. The molecule has 174 valence electrons. The number of unbranched alkanes of at least 4 members (excludes halogenated alkanes) is 1. The van der Waals surface area contributed by atoms with Crippen LogP contribution in [0.15, 0.2) is 60.8 Å². The van der Waals surface area contributed by atoms with Crippen molar-refractivity contribution in [2.24, 2.45) is 0 Å². The molecule has 0 radical (unpaired) electrons. The van der Waals surface area contributed by atoms with Crippen LogP contribution in [0, 0.1) is 0 Å². The first kappa shape index (κ1) is 24.5. The van der Waals surface area contributed by atoms with Gasteiger partial charge in [0.25, 0.3) is 0 Å². The topological polar surface area (TPSA) is 77.5 Å². The molecule has 7 heteroatoms. The van der Waals surface area contributed by atoms with Gasteiger partial charge in [-0.25, -0.2) is 9.78 Å². The third-order valence-electron chi connectivity index (χ3n) is 5.01. The van der Waals surface area contributed by atoms with Gasteiger partial charge in [-0.05, 0) is 43.7 Å². The number of ether oxygens (including phenoxy) is 2. The zero-order valence-corrected chi connectivity index (χ0v) is 19.7. The van der Waals surface area contributed by atoms with E-state index in [0.29, 0.717) is 26.0 Å². The molecule has 1 aromatic heterocycles. The second-order valence-electron chi connectivity index (χ2n) is 7.58. The van der Waals surface area contributed by atoms with E-state index in [0.717, 1.165) is 40.3 Å². The summed E-state index contributed by atoms with van der Waals surface area (Å²) in [7, 11) is 0. The van der Waals surface area contributed by atoms with Crippen LogP contribution in [0.3, 0.4) is 0 Å². The van der Waals surface area contributed by atoms with E-state index in [1.807, 2.05) is 43.5 Å². The lowest BCUT2D eigenvalue weighted by Gasteiger charge is -2.07. The molecule has 0 saturated heterocycles. The fraction of sp³-hybridized carbons (Fsp3) is 0.346. The van der Waals surface area contributed by atoms with Gasteiger partial charge in [0, 0.05) is 23.2 Å². The molecule has 0 fully saturated rings. The number of hydrogen-bond acceptors (Lipinski definition) is 6. The molecule has 0 aliphatic heterocycles. The molecule has 1 amide bonds. The van der Waals surface area contributed by atoms with Crippen molar-refractivity contribution in [2.45, 2.75) is 45.6 Å². The fourth-order valence-electron chi connectivity index (χ4n) is 3.25. The Kier molecular flexibility index (Phi) is 9.91. The summed E-state index contributed by atoms with van der Waals surface area (Å²) in [4.78, 5) is 28.8. The summed E-state index contributed by atoms with van der Waals surface area (Å²) >= 11 is 1.61. The van der Waals surface area contributed by atoms with Crippen molar-refractivity contribution in [1.82, 2.24) is 10.3 Å². The minimum atomic E-state index is -0.381. The van der Waals surface area contributed by atoms with Crippen LogP contribution in [0.2, 0.25) is 0 Å². The van der Waals surface area contributed by atoms with Gasteiger partial charge < -0.3 is 14.8 Å². The van der Waals surface area contributed by atoms with Crippen molar-refractivity contribution in [2.75, 3.05) is 13.2 Å². The molecular formula is C26H30N2O4S. The minimum Gasteiger partial charge on any atom is -0.466 e. The summed E-state index contributed by atoms with van der Waals surface area (Å²) in [5, 5.41) is 3.76. The molecule has 33 heavy (non-hydrogen) atoms. The molecule has 0 spiro atoms. The SMILES string of the molecule is CCOC(=O)CCc1cnc(-c2ccc(CCCCNC(=O)OCc3ccccc3)cc2)s1. The Hall–Kier alpha value is -3.19. The highest BCUT2D eigenvalue weighted by atomic mass is 32.1. The average Bonchev–Trinajstić information content (AvgIpc) is 3.32. The summed E-state index contributed by atoms with van der Waals surface area (Å²) in [5.41, 5.74) is 3.31. The number of benzene rings is 2. The van der Waals surface area contributed by atoms with E-state index < -0.39 is 0 Å². The van der Waals surface area contributed by atoms with Crippen LogP contribution in [-0.4, -0.2) is 30.2 Å². The third-order valence-corrected chi connectivity index (χ3v) is 6.12. The zero-order valence-electron chi connectivity index (χ0n) is 18.9. The van der Waals surface area contributed by atoms with Crippen LogP contribution in [0.25, 0.3) is 10.6 Å². The van der Waals surface area contributed by atoms with E-state index in [9.17, 15) is 9.59 Å². The van der Waals surface area contributed by atoms with E-state index >= 15 is 0 Å². The van der Waals surface area contributed by atoms with Crippen LogP contribution in [0.4, 0.5) is 4.79 Å². The average molecular weight is 467 g/mol. The van der Waals surface area contributed by atoms with Gasteiger partial charge >= 0.3 is 12.1 Å². The molecule has 2 aromatic carbocycles. The zero-order chi connectivity index (χ0) is 23.3. The van der Waals surface area contributed by atoms with Crippen molar-refractivity contribution in [1.29, 1.82) is 0 Å². The number of nitrogens with zero attached hydrogens (tertiary/aromatic N) is 1. The number of aryl methyl sites for hydroxylation is 2. The van der Waals surface area contributed by atoms with Crippen LogP contribution in [0.5, 0.6) is 0 Å². The van der Waals surface area contributed by atoms with Gasteiger partial charge in [-0.1, -0.05) is 54.6 Å². The monoisotopic (exact) mass is 466 g/mol. The van der Waals surface area contributed by atoms with E-state index in [2.05, 4.69) is 34.6 Å². The van der Waals surface area contributed by atoms with Crippen molar-refractivity contribution < 1.29 is 19.1 Å². The Morgan fingerprint density at radius 1 is 0.939 bits per heavy atom. The second-order valence-corrected chi connectivity index (χ2v) is 8.69. The van der Waals surface area contributed by atoms with Crippen molar-refractivity contribution in [3.05, 3.63) is 76.8 Å². The second kappa shape index (κ2) is 13.4. The smallest absolute Gasteiger partial charge is 0.407 e. The van der Waals surface area contributed by atoms with Crippen molar-refractivity contribution in [3.8, 4) is 10.6 Å². The molecule has 6 nitrogen and oxygen atoms in total. The lowest BCUT2D eigenvalue weighted by atomic mass is 10.1. The minimum absolute atomic E-state index is 0.170. The summed E-state index contributed by atoms with van der Waals surface area (Å²) in [6, 6.07) is 18.1. The maximum atomic E-state index is 11.8. The normalized spacial score (nSPS) is 10.6. The maximum Gasteiger partial charge on any atom is 0.407 e. The predicted molar refractivity (Wildman–Crippen MR) is 130 cm³/mol. The van der Waals surface area contributed by atoms with Crippen LogP contribution in [-0.2, 0) is 33.7 Å². The van der Waals surface area contributed by atoms with Gasteiger partial charge in [-0.3, -0.25) is 4.79 Å². The number of nitrogens with one attached hydrogen (secondary N) is 1. The predicted octanol–water partition coefficient (Wildman–Crippen LogP) is 5.55. The summed E-state index contributed by atoms with van der Waals surface area (Å²) in [6.07, 6.45) is 5.31. The van der Waals surface area contributed by atoms with Crippen molar-refractivity contribution in [3.63, 3.8) is 0 Å². The van der Waals surface area contributed by atoms with Crippen LogP contribution < -0.4 is 5.32 Å². The molecule has 3 rings (SSSR count). The van der Waals surface area contributed by atoms with Gasteiger partial charge in [0.15, 0.2) is 0 Å². The molecule has 3 aromatic rings. The Morgan fingerprint density at radius 3 is 2.48 bits per heavy atom. The number of alkyl carbamates (subject to hydrolysis) is 1. The standard InChI is InChI=1S/C26H30N2O4S/c1-2-31-24(29)16-15-23-18-28-25(33-23)22-13-11-20(12-14-22)8-6-7-17-27-26(30)32-19-21-9-4-3-5-10-21/h3-5,9-14,18H,2,6-8,15-17,19H2,1H3,(H,27,30). The Labute approximate surface area is 199 Å². The summed E-state index contributed by atoms with van der Waals surface area (Å²) in [6.45, 7) is 3.11. The molecular weight excluding hydrogens is 436 g/mol. The van der Waals surface area contributed by atoms with Gasteiger partial charge in [0.2, 0.25) is 0 Å². The van der Waals surface area contributed by atoms with Crippen LogP contribution in [0.1, 0.15) is 42.2 Å². The van der Waals surface area contributed by atoms with Gasteiger partial charge in [-0.2, -0.15) is 0 Å². The van der Waals surface area contributed by atoms with E-state index in [1.54, 1.807) is 11.3 Å². The lowest BCUT2D eigenvalue weighted by molar-refractivity contribution is -0.143. The van der Waals surface area contributed by atoms with Crippen LogP contribution >= 0.6 is 11.3 Å². The first-order valence-corrected chi connectivity index (χ1v) is 12.1. The Bertz CT molecular complexity index is 1000. The molecule has 1 N–H and O–H groups in total. The molecule has 1 heterocycles. The quantitative estimate of drug-likeness (QED) is 0.279. The first-order valence-electron chi connectivity index (χ1n) is 11.3. The highest BCUT2D eigenvalue weighted by Gasteiger charge is 2.08. The fourth-order valence-corrected chi connectivity index (χ4v) is 4.16. The highest BCUT2D eigenvalue weighted by molar-refractivity contribution is 7.15. The number of esters is 1. The van der Waals surface area contributed by atoms with Gasteiger partial charge in [-0.15, -0.1) is 11.3 Å². The number of carbonyl (C=O) groups is 2. The molecule has 0 bridgehead atoms. The van der Waals surface area contributed by atoms with Crippen molar-refractivity contribution >= 4 is 23.4 Å². The molecule has 0 aliphatic rings. The lowest BCUT2D eigenvalue weighted by Crippen LogP contribution is -2.25. The first-order chi connectivity index (χ1) is 16.1. The number of carbonyl (C=O) groups excluding carboxylic acids is 2. The number of rotatable bonds is 12. The van der Waals surface area contributed by atoms with Gasteiger partial charge in [0.1, 0.15) is 11.6 Å². The third kappa shape index (κ3) is 8.69. The highest BCUT2D eigenvalue weighted by Crippen LogP contribution is 2.26. The van der Waals surface area contributed by atoms with E-state index in [-0.39, 0.29) is 18.7 Å². The Balaban J connectivity index is 1.33. The molecule has 0 atom stereocenters. The summed E-state index contributed by atoms with van der Waals surface area (Å²) < 4.78 is 10.2.